The number of aromatic amines is 1. The zero-order valence-electron chi connectivity index (χ0n) is 33.1. The van der Waals surface area contributed by atoms with Crippen molar-refractivity contribution in [2.24, 2.45) is 11.8 Å². The Balaban J connectivity index is 0.818. The molecule has 4 atom stereocenters. The van der Waals surface area contributed by atoms with Crippen molar-refractivity contribution in [3.63, 3.8) is 0 Å². The minimum absolute atomic E-state index is 0.00243. The van der Waals surface area contributed by atoms with Crippen molar-refractivity contribution in [2.75, 3.05) is 19.7 Å². The molecule has 3 N–H and O–H groups in total. The number of nitrogens with zero attached hydrogens (tertiary/aromatic N) is 3. The summed E-state index contributed by atoms with van der Waals surface area (Å²) in [7, 11) is 0. The Bertz CT molecular complexity index is 2270. The van der Waals surface area contributed by atoms with Gasteiger partial charge in [-0.05, 0) is 91.3 Å². The number of hydrogen-bond donors (Lipinski definition) is 3. The molecule has 2 aliphatic carbocycles. The maximum atomic E-state index is 14.1. The van der Waals surface area contributed by atoms with Crippen LogP contribution in [0.4, 0.5) is 0 Å². The van der Waals surface area contributed by atoms with Gasteiger partial charge in [0, 0.05) is 24.9 Å². The second-order valence-electron chi connectivity index (χ2n) is 16.4. The van der Waals surface area contributed by atoms with E-state index in [-0.39, 0.29) is 47.5 Å². The zero-order valence-corrected chi connectivity index (χ0v) is 33.1. The van der Waals surface area contributed by atoms with Crippen molar-refractivity contribution in [3.05, 3.63) is 132 Å². The fourth-order valence-corrected chi connectivity index (χ4v) is 8.45. The number of benzene rings is 4. The van der Waals surface area contributed by atoms with E-state index in [1.807, 2.05) is 101 Å². The predicted octanol–water partition coefficient (Wildman–Crippen LogP) is 7.31. The minimum atomic E-state index is -0.730. The smallest absolute Gasteiger partial charge is 0.250 e. The van der Waals surface area contributed by atoms with Crippen molar-refractivity contribution in [3.8, 4) is 28.1 Å². The second-order valence-corrected chi connectivity index (χ2v) is 16.4. The maximum Gasteiger partial charge on any atom is 0.250 e. The highest BCUT2D eigenvalue weighted by Crippen LogP contribution is 2.36. The number of rotatable bonds is 14. The Morgan fingerprint density at radius 3 is 1.71 bits per heavy atom. The normalized spacial score (nSPS) is 19.9. The third-order valence-electron chi connectivity index (χ3n) is 12.2. The molecular formula is C48H50N6O5. The Labute approximate surface area is 344 Å². The van der Waals surface area contributed by atoms with E-state index < -0.39 is 12.1 Å². The highest BCUT2D eigenvalue weighted by atomic mass is 16.5. The monoisotopic (exact) mass is 790 g/mol. The molecule has 0 bridgehead atoms. The summed E-state index contributed by atoms with van der Waals surface area (Å²) in [5.41, 5.74) is 5.54. The minimum Gasteiger partial charge on any atom is -0.491 e. The lowest BCUT2D eigenvalue weighted by Crippen LogP contribution is -2.46. The van der Waals surface area contributed by atoms with E-state index in [4.69, 9.17) is 9.72 Å². The number of hydrogen-bond acceptors (Lipinski definition) is 6. The molecule has 11 nitrogen and oxygen atoms in total. The Kier molecular flexibility index (Phi) is 11.0. The van der Waals surface area contributed by atoms with Crippen LogP contribution in [0.3, 0.4) is 0 Å². The molecule has 4 amide bonds. The molecule has 0 radical (unpaired) electrons. The third kappa shape index (κ3) is 8.65. The van der Waals surface area contributed by atoms with E-state index in [0.29, 0.717) is 19.7 Å². The summed E-state index contributed by atoms with van der Waals surface area (Å²) in [5.74, 6) is 1.20. The van der Waals surface area contributed by atoms with Crippen molar-refractivity contribution >= 4 is 23.6 Å². The van der Waals surface area contributed by atoms with Gasteiger partial charge in [-0.1, -0.05) is 97.1 Å². The van der Waals surface area contributed by atoms with Crippen molar-refractivity contribution < 1.29 is 23.9 Å². The van der Waals surface area contributed by atoms with Crippen LogP contribution in [0, 0.1) is 11.8 Å². The lowest BCUT2D eigenvalue weighted by molar-refractivity contribution is -0.138. The largest absolute Gasteiger partial charge is 0.491 e. The van der Waals surface area contributed by atoms with Crippen LogP contribution in [0.2, 0.25) is 0 Å². The molecule has 11 heteroatoms. The van der Waals surface area contributed by atoms with Gasteiger partial charge in [-0.2, -0.15) is 0 Å². The van der Waals surface area contributed by atoms with E-state index in [9.17, 15) is 19.2 Å². The third-order valence-corrected chi connectivity index (χ3v) is 12.2. The van der Waals surface area contributed by atoms with Crippen LogP contribution in [0.15, 0.2) is 115 Å². The van der Waals surface area contributed by atoms with Crippen molar-refractivity contribution in [1.29, 1.82) is 0 Å². The molecule has 5 aromatic rings. The van der Waals surface area contributed by atoms with Gasteiger partial charge in [-0.3, -0.25) is 19.2 Å². The topological polar surface area (TPSA) is 137 Å². The molecule has 1 aromatic heterocycles. The zero-order chi connectivity index (χ0) is 40.3. The number of ether oxygens (including phenoxy) is 1. The van der Waals surface area contributed by atoms with Crippen LogP contribution in [-0.2, 0) is 19.2 Å². The van der Waals surface area contributed by atoms with Gasteiger partial charge in [0.05, 0.1) is 24.0 Å². The number of H-pyrrole nitrogens is 1. The molecule has 302 valence electrons. The molecule has 4 fully saturated rings. The molecule has 2 saturated carbocycles. The molecule has 2 aliphatic heterocycles. The number of imidazole rings is 1. The summed E-state index contributed by atoms with van der Waals surface area (Å²) in [6.45, 7) is 1.62. The summed E-state index contributed by atoms with van der Waals surface area (Å²) in [6, 6.07) is 33.6. The van der Waals surface area contributed by atoms with E-state index >= 15 is 0 Å². The second kappa shape index (κ2) is 16.9. The molecule has 59 heavy (non-hydrogen) atoms. The predicted molar refractivity (Wildman–Crippen MR) is 223 cm³/mol. The molecule has 2 saturated heterocycles. The van der Waals surface area contributed by atoms with Crippen LogP contribution < -0.4 is 15.4 Å². The number of amides is 4. The van der Waals surface area contributed by atoms with E-state index in [1.54, 1.807) is 0 Å². The van der Waals surface area contributed by atoms with E-state index in [1.165, 1.54) is 0 Å². The number of nitrogens with one attached hydrogen (secondary N) is 3. The van der Waals surface area contributed by atoms with E-state index in [2.05, 4.69) is 39.9 Å². The first-order chi connectivity index (χ1) is 28.9. The first-order valence-corrected chi connectivity index (χ1v) is 21.1. The SMILES string of the molecule is O=C(NC(C(=O)N1CCCC1COc1ccc(-c2ccc(-c3cnc(C4CCCN4C(=O)C(NC(=O)C4CC4)c4ccccc4)[nH]3)cc2)cc1)c1ccccc1)C1CC1. The molecule has 3 heterocycles. The van der Waals surface area contributed by atoms with Gasteiger partial charge in [0.25, 0.3) is 0 Å². The lowest BCUT2D eigenvalue weighted by atomic mass is 10.0. The number of carbonyl (C=O) groups excluding carboxylic acids is 4. The van der Waals surface area contributed by atoms with Crippen LogP contribution in [0.5, 0.6) is 5.75 Å². The standard InChI is InChI=1S/C48H50N6O5/c55-45(36-19-20-36)51-42(34-9-3-1-4-10-34)47(57)53-27-7-13-38(53)30-59-39-25-23-32(24-26-39)31-15-17-33(18-16-31)40-29-49-44(50-40)41-14-8-28-54(41)48(58)43(35-11-5-2-6-12-35)52-46(56)37-21-22-37/h1-6,9-12,15-18,23-26,29,36-38,41-43H,7-8,13-14,19-22,27-28,30H2,(H,49,50)(H,51,55)(H,52,56). The van der Waals surface area contributed by atoms with Crippen molar-refractivity contribution in [2.45, 2.75) is 75.5 Å². The Morgan fingerprint density at radius 2 is 1.14 bits per heavy atom. The van der Waals surface area contributed by atoms with Crippen LogP contribution in [0.1, 0.15) is 86.4 Å². The van der Waals surface area contributed by atoms with Crippen LogP contribution >= 0.6 is 0 Å². The van der Waals surface area contributed by atoms with Gasteiger partial charge in [-0.15, -0.1) is 0 Å². The van der Waals surface area contributed by atoms with Gasteiger partial charge in [0.1, 0.15) is 30.3 Å². The number of aromatic nitrogens is 2. The average Bonchev–Trinajstić information content (AvgIpc) is 4.16. The van der Waals surface area contributed by atoms with Gasteiger partial charge in [0.2, 0.25) is 23.6 Å². The molecular weight excluding hydrogens is 741 g/mol. The summed E-state index contributed by atoms with van der Waals surface area (Å²) < 4.78 is 6.25. The summed E-state index contributed by atoms with van der Waals surface area (Å²) in [6.07, 6.45) is 8.72. The van der Waals surface area contributed by atoms with Crippen LogP contribution in [-0.4, -0.2) is 69.1 Å². The van der Waals surface area contributed by atoms with Crippen molar-refractivity contribution in [1.82, 2.24) is 30.4 Å². The average molecular weight is 791 g/mol. The molecule has 4 unspecified atom stereocenters. The fourth-order valence-electron chi connectivity index (χ4n) is 8.45. The van der Waals surface area contributed by atoms with Gasteiger partial charge < -0.3 is 30.2 Å². The first-order valence-electron chi connectivity index (χ1n) is 21.1. The Hall–Kier alpha value is -6.23. The molecule has 4 aromatic carbocycles. The quantitative estimate of drug-likeness (QED) is 0.108. The fraction of sp³-hybridized carbons (Fsp3) is 0.354. The van der Waals surface area contributed by atoms with Crippen LogP contribution in [0.25, 0.3) is 22.4 Å². The van der Waals surface area contributed by atoms with E-state index in [0.717, 1.165) is 96.5 Å². The summed E-state index contributed by atoms with van der Waals surface area (Å²) >= 11 is 0. The molecule has 9 rings (SSSR count). The highest BCUT2D eigenvalue weighted by Gasteiger charge is 2.40. The number of carbonyl (C=O) groups is 4. The maximum absolute atomic E-state index is 14.1. The van der Waals surface area contributed by atoms with Gasteiger partial charge in [0.15, 0.2) is 0 Å². The lowest BCUT2D eigenvalue weighted by Gasteiger charge is -2.29. The first kappa shape index (κ1) is 38.3. The molecule has 0 spiro atoms. The highest BCUT2D eigenvalue weighted by molar-refractivity contribution is 5.91. The Morgan fingerprint density at radius 1 is 0.627 bits per heavy atom. The molecule has 4 aliphatic rings. The number of likely N-dealkylation sites (tertiary alicyclic amines) is 2. The van der Waals surface area contributed by atoms with Gasteiger partial charge in [-0.25, -0.2) is 4.98 Å². The summed E-state index contributed by atoms with van der Waals surface area (Å²) in [5, 5.41) is 6.08. The van der Waals surface area contributed by atoms with Gasteiger partial charge >= 0.3 is 0 Å². The summed E-state index contributed by atoms with van der Waals surface area (Å²) in [4.78, 5) is 65.5.